The van der Waals surface area contributed by atoms with Gasteiger partial charge in [-0.2, -0.15) is 0 Å². The van der Waals surface area contributed by atoms with Gasteiger partial charge >= 0.3 is 0 Å². The average Bonchev–Trinajstić information content (AvgIpc) is 3.12. The van der Waals surface area contributed by atoms with E-state index in [2.05, 4.69) is 36.3 Å². The van der Waals surface area contributed by atoms with E-state index in [1.807, 2.05) is 60.1 Å². The van der Waals surface area contributed by atoms with Crippen molar-refractivity contribution in [3.05, 3.63) is 54.1 Å². The molecule has 0 aliphatic carbocycles. The summed E-state index contributed by atoms with van der Waals surface area (Å²) in [6, 6.07) is 15.7. The van der Waals surface area contributed by atoms with Crippen molar-refractivity contribution in [2.75, 3.05) is 17.7 Å². The highest BCUT2D eigenvalue weighted by Crippen LogP contribution is 2.25. The number of anilines is 1. The fourth-order valence-corrected chi connectivity index (χ4v) is 3.63. The molecule has 30 heavy (non-hydrogen) atoms. The van der Waals surface area contributed by atoms with Crippen molar-refractivity contribution in [3.8, 4) is 17.1 Å². The molecule has 0 bridgehead atoms. The summed E-state index contributed by atoms with van der Waals surface area (Å²) in [6.45, 7) is 7.00. The summed E-state index contributed by atoms with van der Waals surface area (Å²) in [6.07, 6.45) is 0.873. The number of hydrogen-bond acceptors (Lipinski definition) is 5. The summed E-state index contributed by atoms with van der Waals surface area (Å²) >= 11 is 1.37. The first kappa shape index (κ1) is 21.9. The first-order chi connectivity index (χ1) is 14.5. The van der Waals surface area contributed by atoms with E-state index in [0.29, 0.717) is 17.7 Å². The molecule has 3 rings (SSSR count). The first-order valence-corrected chi connectivity index (χ1v) is 11.1. The van der Waals surface area contributed by atoms with Gasteiger partial charge in [-0.1, -0.05) is 50.7 Å². The molecule has 1 aromatic heterocycles. The van der Waals surface area contributed by atoms with Crippen LogP contribution >= 0.6 is 11.8 Å². The van der Waals surface area contributed by atoms with Gasteiger partial charge in [0.1, 0.15) is 5.75 Å². The van der Waals surface area contributed by atoms with Gasteiger partial charge in [0, 0.05) is 18.3 Å². The summed E-state index contributed by atoms with van der Waals surface area (Å²) in [5.41, 5.74) is 2.94. The lowest BCUT2D eigenvalue weighted by molar-refractivity contribution is -0.113. The van der Waals surface area contributed by atoms with Crippen LogP contribution in [-0.2, 0) is 18.3 Å². The van der Waals surface area contributed by atoms with Gasteiger partial charge in [0.05, 0.1) is 12.4 Å². The molecule has 0 fully saturated rings. The molecular weight excluding hydrogens is 396 g/mol. The number of nitrogens with zero attached hydrogens (tertiary/aromatic N) is 3. The fraction of sp³-hybridized carbons (Fsp3) is 0.348. The zero-order chi connectivity index (χ0) is 21.5. The lowest BCUT2D eigenvalue weighted by atomic mass is 10.1. The fourth-order valence-electron chi connectivity index (χ4n) is 2.92. The van der Waals surface area contributed by atoms with Crippen LogP contribution in [0.15, 0.2) is 53.7 Å². The zero-order valence-electron chi connectivity index (χ0n) is 17.9. The predicted octanol–water partition coefficient (Wildman–Crippen LogP) is 4.81. The number of carbonyl (C=O) groups is 1. The quantitative estimate of drug-likeness (QED) is 0.499. The van der Waals surface area contributed by atoms with Crippen LogP contribution in [-0.4, -0.2) is 33.0 Å². The molecule has 7 heteroatoms. The molecule has 1 amide bonds. The van der Waals surface area contributed by atoms with Crippen molar-refractivity contribution in [2.45, 2.75) is 32.3 Å². The standard InChI is InChI=1S/C23H28N4O2S/c1-5-17-8-6-7-9-20(17)24-21(28)15-30-23-26-25-22(27(23)4)18-10-12-19(13-11-18)29-14-16(2)3/h6-13,16H,5,14-15H2,1-4H3,(H,24,28). The topological polar surface area (TPSA) is 69.0 Å². The lowest BCUT2D eigenvalue weighted by Gasteiger charge is -2.10. The number of thioether (sulfide) groups is 1. The van der Waals surface area contributed by atoms with Crippen LogP contribution in [0.2, 0.25) is 0 Å². The predicted molar refractivity (Wildman–Crippen MR) is 122 cm³/mol. The number of nitrogens with one attached hydrogen (secondary N) is 1. The Labute approximate surface area is 182 Å². The summed E-state index contributed by atoms with van der Waals surface area (Å²) in [5.74, 6) is 2.29. The number of rotatable bonds is 9. The molecule has 0 saturated carbocycles. The molecule has 0 aliphatic rings. The van der Waals surface area contributed by atoms with Crippen LogP contribution in [0.1, 0.15) is 26.3 Å². The maximum Gasteiger partial charge on any atom is 0.234 e. The minimum atomic E-state index is -0.0582. The molecule has 1 N–H and O–H groups in total. The first-order valence-electron chi connectivity index (χ1n) is 10.1. The van der Waals surface area contributed by atoms with Gasteiger partial charge in [-0.15, -0.1) is 10.2 Å². The number of para-hydroxylation sites is 1. The van der Waals surface area contributed by atoms with E-state index in [0.717, 1.165) is 34.8 Å². The maximum atomic E-state index is 12.4. The average molecular weight is 425 g/mol. The third kappa shape index (κ3) is 5.63. The van der Waals surface area contributed by atoms with Gasteiger partial charge in [-0.3, -0.25) is 4.79 Å². The van der Waals surface area contributed by atoms with Crippen LogP contribution < -0.4 is 10.1 Å². The molecule has 2 aromatic carbocycles. The van der Waals surface area contributed by atoms with Crippen LogP contribution in [0.25, 0.3) is 11.4 Å². The van der Waals surface area contributed by atoms with Crippen LogP contribution in [0, 0.1) is 5.92 Å². The molecule has 3 aromatic rings. The zero-order valence-corrected chi connectivity index (χ0v) is 18.7. The normalized spacial score (nSPS) is 11.0. The number of benzene rings is 2. The molecule has 6 nitrogen and oxygen atoms in total. The Morgan fingerprint density at radius 3 is 2.57 bits per heavy atom. The number of aryl methyl sites for hydroxylation is 1. The smallest absolute Gasteiger partial charge is 0.234 e. The lowest BCUT2D eigenvalue weighted by Crippen LogP contribution is -2.15. The highest BCUT2D eigenvalue weighted by Gasteiger charge is 2.14. The molecule has 0 saturated heterocycles. The van der Waals surface area contributed by atoms with Gasteiger partial charge in [-0.05, 0) is 48.2 Å². The molecule has 0 aliphatic heterocycles. The van der Waals surface area contributed by atoms with E-state index >= 15 is 0 Å². The third-order valence-electron chi connectivity index (χ3n) is 4.54. The van der Waals surface area contributed by atoms with Gasteiger partial charge in [0.2, 0.25) is 5.91 Å². The van der Waals surface area contributed by atoms with E-state index in [1.165, 1.54) is 11.8 Å². The van der Waals surface area contributed by atoms with Crippen LogP contribution in [0.4, 0.5) is 5.69 Å². The highest BCUT2D eigenvalue weighted by molar-refractivity contribution is 7.99. The van der Waals surface area contributed by atoms with Crippen LogP contribution in [0.3, 0.4) is 0 Å². The Morgan fingerprint density at radius 1 is 1.13 bits per heavy atom. The summed E-state index contributed by atoms with van der Waals surface area (Å²) in [4.78, 5) is 12.4. The molecule has 0 unspecified atom stereocenters. The van der Waals surface area contributed by atoms with E-state index in [1.54, 1.807) is 0 Å². The summed E-state index contributed by atoms with van der Waals surface area (Å²) < 4.78 is 7.64. The number of amides is 1. The largest absolute Gasteiger partial charge is 0.493 e. The Morgan fingerprint density at radius 2 is 1.87 bits per heavy atom. The number of hydrogen-bond donors (Lipinski definition) is 1. The Kier molecular flexibility index (Phi) is 7.52. The minimum absolute atomic E-state index is 0.0582. The second-order valence-electron chi connectivity index (χ2n) is 7.44. The van der Waals surface area contributed by atoms with Gasteiger partial charge < -0.3 is 14.6 Å². The van der Waals surface area contributed by atoms with Gasteiger partial charge in [0.25, 0.3) is 0 Å². The number of aromatic nitrogens is 3. The van der Waals surface area contributed by atoms with Crippen LogP contribution in [0.5, 0.6) is 5.75 Å². The van der Waals surface area contributed by atoms with E-state index < -0.39 is 0 Å². The summed E-state index contributed by atoms with van der Waals surface area (Å²) in [5, 5.41) is 12.2. The number of carbonyl (C=O) groups excluding carboxylic acids is 1. The van der Waals surface area contributed by atoms with Gasteiger partial charge in [0.15, 0.2) is 11.0 Å². The second kappa shape index (κ2) is 10.3. The van der Waals surface area contributed by atoms with Crippen molar-refractivity contribution in [3.63, 3.8) is 0 Å². The molecular formula is C23H28N4O2S. The van der Waals surface area contributed by atoms with E-state index in [-0.39, 0.29) is 11.7 Å². The molecule has 0 radical (unpaired) electrons. The Balaban J connectivity index is 1.60. The van der Waals surface area contributed by atoms with Crippen molar-refractivity contribution in [2.24, 2.45) is 13.0 Å². The van der Waals surface area contributed by atoms with Crippen molar-refractivity contribution in [1.29, 1.82) is 0 Å². The molecule has 0 atom stereocenters. The molecule has 0 spiro atoms. The second-order valence-corrected chi connectivity index (χ2v) is 8.38. The van der Waals surface area contributed by atoms with E-state index in [4.69, 9.17) is 4.74 Å². The van der Waals surface area contributed by atoms with Crippen molar-refractivity contribution in [1.82, 2.24) is 14.8 Å². The number of ether oxygens (including phenoxy) is 1. The molecule has 1 heterocycles. The minimum Gasteiger partial charge on any atom is -0.493 e. The third-order valence-corrected chi connectivity index (χ3v) is 5.56. The van der Waals surface area contributed by atoms with E-state index in [9.17, 15) is 4.79 Å². The monoisotopic (exact) mass is 424 g/mol. The summed E-state index contributed by atoms with van der Waals surface area (Å²) in [7, 11) is 1.91. The maximum absolute atomic E-state index is 12.4. The SMILES string of the molecule is CCc1ccccc1NC(=O)CSc1nnc(-c2ccc(OCC(C)C)cc2)n1C. The molecule has 158 valence electrons. The van der Waals surface area contributed by atoms with Crippen molar-refractivity contribution >= 4 is 23.4 Å². The Bertz CT molecular complexity index is 983. The Hall–Kier alpha value is -2.80. The van der Waals surface area contributed by atoms with Gasteiger partial charge in [-0.25, -0.2) is 0 Å². The van der Waals surface area contributed by atoms with Crippen molar-refractivity contribution < 1.29 is 9.53 Å². The highest BCUT2D eigenvalue weighted by atomic mass is 32.2.